The van der Waals surface area contributed by atoms with Crippen molar-refractivity contribution >= 4 is 11.8 Å². The second-order valence-corrected chi connectivity index (χ2v) is 5.16. The van der Waals surface area contributed by atoms with Gasteiger partial charge in [0.25, 0.3) is 0 Å². The highest BCUT2D eigenvalue weighted by Crippen LogP contribution is 2.04. The normalized spacial score (nSPS) is 11.7. The number of nitrogens with one attached hydrogen (secondary N) is 2. The Morgan fingerprint density at radius 3 is 2.55 bits per heavy atom. The van der Waals surface area contributed by atoms with Crippen LogP contribution < -0.4 is 10.6 Å². The Balaban J connectivity index is 1.70. The van der Waals surface area contributed by atoms with Crippen LogP contribution in [-0.4, -0.2) is 17.9 Å². The highest BCUT2D eigenvalue weighted by Gasteiger charge is 2.16. The summed E-state index contributed by atoms with van der Waals surface area (Å²) in [6.45, 7) is 2.10. The standard InChI is InChI=1S/C17H20N2O3/c1-13(9-10-14-6-3-2-4-7-14)19-17(21)16(20)18-12-15-8-5-11-22-15/h2-8,11,13H,9-10,12H2,1H3,(H,18,20)(H,19,21)/t13-/m1/s1. The van der Waals surface area contributed by atoms with E-state index in [0.717, 1.165) is 12.8 Å². The number of carbonyl (C=O) groups excluding carboxylic acids is 2. The van der Waals surface area contributed by atoms with E-state index in [1.54, 1.807) is 12.1 Å². The van der Waals surface area contributed by atoms with E-state index < -0.39 is 11.8 Å². The summed E-state index contributed by atoms with van der Waals surface area (Å²) in [5.74, 6) is -0.659. The van der Waals surface area contributed by atoms with Gasteiger partial charge in [-0.25, -0.2) is 0 Å². The molecule has 2 rings (SSSR count). The van der Waals surface area contributed by atoms with E-state index in [2.05, 4.69) is 10.6 Å². The van der Waals surface area contributed by atoms with Gasteiger partial charge in [-0.15, -0.1) is 0 Å². The molecule has 2 amide bonds. The molecule has 5 heteroatoms. The maximum atomic E-state index is 11.8. The number of furan rings is 1. The highest BCUT2D eigenvalue weighted by molar-refractivity contribution is 6.35. The summed E-state index contributed by atoms with van der Waals surface area (Å²) < 4.78 is 5.09. The molecule has 0 fully saturated rings. The molecule has 1 aromatic heterocycles. The zero-order valence-electron chi connectivity index (χ0n) is 12.5. The van der Waals surface area contributed by atoms with Crippen molar-refractivity contribution in [1.29, 1.82) is 0 Å². The van der Waals surface area contributed by atoms with Gasteiger partial charge in [0.15, 0.2) is 0 Å². The van der Waals surface area contributed by atoms with Crippen molar-refractivity contribution in [2.45, 2.75) is 32.4 Å². The fraction of sp³-hybridized carbons (Fsp3) is 0.294. The first-order chi connectivity index (χ1) is 10.6. The molecular formula is C17H20N2O3. The smallest absolute Gasteiger partial charge is 0.309 e. The number of amides is 2. The van der Waals surface area contributed by atoms with Gasteiger partial charge in [-0.1, -0.05) is 30.3 Å². The zero-order valence-corrected chi connectivity index (χ0v) is 12.5. The van der Waals surface area contributed by atoms with E-state index in [1.807, 2.05) is 37.3 Å². The van der Waals surface area contributed by atoms with Crippen molar-refractivity contribution in [3.8, 4) is 0 Å². The van der Waals surface area contributed by atoms with E-state index in [0.29, 0.717) is 5.76 Å². The highest BCUT2D eigenvalue weighted by atomic mass is 16.3. The third-order valence-electron chi connectivity index (χ3n) is 3.30. The molecule has 0 bridgehead atoms. The number of rotatable bonds is 6. The fourth-order valence-corrected chi connectivity index (χ4v) is 2.05. The molecule has 22 heavy (non-hydrogen) atoms. The van der Waals surface area contributed by atoms with Crippen LogP contribution in [0.15, 0.2) is 53.1 Å². The van der Waals surface area contributed by atoms with Gasteiger partial charge in [-0.3, -0.25) is 9.59 Å². The van der Waals surface area contributed by atoms with Gasteiger partial charge in [0.05, 0.1) is 12.8 Å². The van der Waals surface area contributed by atoms with Crippen LogP contribution in [0.4, 0.5) is 0 Å². The molecule has 0 radical (unpaired) electrons. The number of carbonyl (C=O) groups is 2. The maximum absolute atomic E-state index is 11.8. The van der Waals surface area contributed by atoms with Gasteiger partial charge in [-0.05, 0) is 37.5 Å². The lowest BCUT2D eigenvalue weighted by Gasteiger charge is -2.13. The second kappa shape index (κ2) is 8.02. The number of benzene rings is 1. The van der Waals surface area contributed by atoms with Gasteiger partial charge in [-0.2, -0.15) is 0 Å². The predicted octanol–water partition coefficient (Wildman–Crippen LogP) is 2.03. The van der Waals surface area contributed by atoms with Crippen LogP contribution >= 0.6 is 0 Å². The molecule has 116 valence electrons. The molecule has 0 aliphatic heterocycles. The maximum Gasteiger partial charge on any atom is 0.309 e. The Morgan fingerprint density at radius 2 is 1.86 bits per heavy atom. The molecule has 0 unspecified atom stereocenters. The summed E-state index contributed by atoms with van der Waals surface area (Å²) in [4.78, 5) is 23.5. The third-order valence-corrected chi connectivity index (χ3v) is 3.30. The lowest BCUT2D eigenvalue weighted by Crippen LogP contribution is -2.43. The molecule has 1 aromatic carbocycles. The first kappa shape index (κ1) is 15.8. The molecule has 0 saturated carbocycles. The summed E-state index contributed by atoms with van der Waals surface area (Å²) in [5.41, 5.74) is 1.21. The molecule has 2 aromatic rings. The van der Waals surface area contributed by atoms with Gasteiger partial charge in [0, 0.05) is 6.04 Å². The minimum atomic E-state index is -0.650. The van der Waals surface area contributed by atoms with Crippen LogP contribution in [-0.2, 0) is 22.6 Å². The monoisotopic (exact) mass is 300 g/mol. The summed E-state index contributed by atoms with van der Waals surface area (Å²) >= 11 is 0. The minimum Gasteiger partial charge on any atom is -0.467 e. The van der Waals surface area contributed by atoms with Crippen molar-refractivity contribution in [3.05, 3.63) is 60.1 Å². The number of hydrogen-bond acceptors (Lipinski definition) is 3. The van der Waals surface area contributed by atoms with E-state index in [9.17, 15) is 9.59 Å². The van der Waals surface area contributed by atoms with Gasteiger partial charge < -0.3 is 15.1 Å². The Kier molecular flexibility index (Phi) is 5.77. The first-order valence-corrected chi connectivity index (χ1v) is 7.30. The largest absolute Gasteiger partial charge is 0.467 e. The SMILES string of the molecule is C[C@H](CCc1ccccc1)NC(=O)C(=O)NCc1ccco1. The summed E-state index contributed by atoms with van der Waals surface area (Å²) in [7, 11) is 0. The molecule has 5 nitrogen and oxygen atoms in total. The van der Waals surface area contributed by atoms with Gasteiger partial charge in [0.1, 0.15) is 5.76 Å². The Morgan fingerprint density at radius 1 is 1.09 bits per heavy atom. The van der Waals surface area contributed by atoms with Crippen molar-refractivity contribution in [3.63, 3.8) is 0 Å². The van der Waals surface area contributed by atoms with Gasteiger partial charge >= 0.3 is 11.8 Å². The third kappa shape index (κ3) is 5.09. The average Bonchev–Trinajstić information content (AvgIpc) is 3.05. The predicted molar refractivity (Wildman–Crippen MR) is 82.9 cm³/mol. The lowest BCUT2D eigenvalue weighted by atomic mass is 10.1. The van der Waals surface area contributed by atoms with Crippen molar-refractivity contribution in [2.24, 2.45) is 0 Å². The molecular weight excluding hydrogens is 280 g/mol. The molecule has 0 aliphatic rings. The van der Waals surface area contributed by atoms with Crippen molar-refractivity contribution < 1.29 is 14.0 Å². The van der Waals surface area contributed by atoms with E-state index >= 15 is 0 Å². The topological polar surface area (TPSA) is 71.3 Å². The van der Waals surface area contributed by atoms with Crippen molar-refractivity contribution in [2.75, 3.05) is 0 Å². The van der Waals surface area contributed by atoms with Crippen LogP contribution in [0.1, 0.15) is 24.7 Å². The zero-order chi connectivity index (χ0) is 15.8. The molecule has 0 spiro atoms. The summed E-state index contributed by atoms with van der Waals surface area (Å²) in [6, 6.07) is 13.4. The van der Waals surface area contributed by atoms with E-state index in [4.69, 9.17) is 4.42 Å². The molecule has 2 N–H and O–H groups in total. The van der Waals surface area contributed by atoms with Crippen LogP contribution in [0.3, 0.4) is 0 Å². The van der Waals surface area contributed by atoms with E-state index in [1.165, 1.54) is 11.8 Å². The first-order valence-electron chi connectivity index (χ1n) is 7.30. The quantitative estimate of drug-likeness (QED) is 0.802. The summed E-state index contributed by atoms with van der Waals surface area (Å²) in [6.07, 6.45) is 3.16. The molecule has 0 saturated heterocycles. The fourth-order valence-electron chi connectivity index (χ4n) is 2.05. The van der Waals surface area contributed by atoms with Crippen molar-refractivity contribution in [1.82, 2.24) is 10.6 Å². The van der Waals surface area contributed by atoms with Crippen LogP contribution in [0.5, 0.6) is 0 Å². The lowest BCUT2D eigenvalue weighted by molar-refractivity contribution is -0.139. The Hall–Kier alpha value is -2.56. The minimum absolute atomic E-state index is 0.0675. The summed E-state index contributed by atoms with van der Waals surface area (Å²) in [5, 5.41) is 5.22. The van der Waals surface area contributed by atoms with Crippen LogP contribution in [0.2, 0.25) is 0 Å². The Bertz CT molecular complexity index is 594. The average molecular weight is 300 g/mol. The number of aryl methyl sites for hydroxylation is 1. The van der Waals surface area contributed by atoms with Crippen LogP contribution in [0, 0.1) is 0 Å². The Labute approximate surface area is 129 Å². The van der Waals surface area contributed by atoms with Gasteiger partial charge in [0.2, 0.25) is 0 Å². The van der Waals surface area contributed by atoms with E-state index in [-0.39, 0.29) is 12.6 Å². The van der Waals surface area contributed by atoms with Crippen LogP contribution in [0.25, 0.3) is 0 Å². The molecule has 0 aliphatic carbocycles. The second-order valence-electron chi connectivity index (χ2n) is 5.16. The molecule has 1 heterocycles. The number of hydrogen-bond donors (Lipinski definition) is 2. The molecule has 1 atom stereocenters.